The van der Waals surface area contributed by atoms with Crippen LogP contribution in [-0.4, -0.2) is 39.1 Å². The SMILES string of the molecule is Cc1nc(N)c2c(-c3ccc(N4CC(c5ccc(F)cc5)N(C)C4=O)cc3F)cn(C)c2n1. The third-order valence-corrected chi connectivity index (χ3v) is 6.12. The number of carbonyl (C=O) groups excluding carboxylic acids is 1. The summed E-state index contributed by atoms with van der Waals surface area (Å²) in [4.78, 5) is 24.6. The number of hydrogen-bond acceptors (Lipinski definition) is 4. The number of benzene rings is 2. The predicted molar refractivity (Wildman–Crippen MR) is 123 cm³/mol. The highest BCUT2D eigenvalue weighted by molar-refractivity contribution is 6.01. The van der Waals surface area contributed by atoms with Crippen LogP contribution in [0.3, 0.4) is 0 Å². The van der Waals surface area contributed by atoms with E-state index in [0.29, 0.717) is 40.2 Å². The summed E-state index contributed by atoms with van der Waals surface area (Å²) in [6, 6.07) is 10.2. The van der Waals surface area contributed by atoms with Gasteiger partial charge in [-0.3, -0.25) is 4.90 Å². The number of carbonyl (C=O) groups is 1. The molecule has 0 aliphatic carbocycles. The Bertz CT molecular complexity index is 1400. The van der Waals surface area contributed by atoms with Gasteiger partial charge >= 0.3 is 6.03 Å². The van der Waals surface area contributed by atoms with Gasteiger partial charge in [-0.2, -0.15) is 0 Å². The van der Waals surface area contributed by atoms with Crippen molar-refractivity contribution in [2.75, 3.05) is 24.2 Å². The Kier molecular flexibility index (Phi) is 4.77. The Morgan fingerprint density at radius 3 is 2.45 bits per heavy atom. The number of amides is 2. The van der Waals surface area contributed by atoms with E-state index in [1.54, 1.807) is 53.9 Å². The number of fused-ring (bicyclic) bond motifs is 1. The first-order chi connectivity index (χ1) is 15.7. The van der Waals surface area contributed by atoms with Gasteiger partial charge in [0.05, 0.1) is 18.0 Å². The van der Waals surface area contributed by atoms with Crippen molar-refractivity contribution in [1.29, 1.82) is 0 Å². The summed E-state index contributed by atoms with van der Waals surface area (Å²) in [7, 11) is 3.50. The average Bonchev–Trinajstić information content (AvgIpc) is 3.26. The number of halogens is 2. The molecule has 168 valence electrons. The van der Waals surface area contributed by atoms with Gasteiger partial charge in [0.15, 0.2) is 0 Å². The van der Waals surface area contributed by atoms with Gasteiger partial charge in [-0.25, -0.2) is 23.5 Å². The van der Waals surface area contributed by atoms with Crippen molar-refractivity contribution in [3.8, 4) is 11.1 Å². The molecular formula is C24H22F2N6O. The van der Waals surface area contributed by atoms with Crippen molar-refractivity contribution < 1.29 is 13.6 Å². The second kappa shape index (κ2) is 7.54. The number of nitrogens with zero attached hydrogens (tertiary/aromatic N) is 5. The van der Waals surface area contributed by atoms with Crippen molar-refractivity contribution in [1.82, 2.24) is 19.4 Å². The molecule has 2 amide bonds. The van der Waals surface area contributed by atoms with Gasteiger partial charge < -0.3 is 15.2 Å². The second-order valence-electron chi connectivity index (χ2n) is 8.24. The highest BCUT2D eigenvalue weighted by Crippen LogP contribution is 2.37. The fraction of sp³-hybridized carbons (Fsp3) is 0.208. The van der Waals surface area contributed by atoms with E-state index in [0.717, 1.165) is 5.56 Å². The first kappa shape index (κ1) is 20.9. The quantitative estimate of drug-likeness (QED) is 0.503. The summed E-state index contributed by atoms with van der Waals surface area (Å²) < 4.78 is 30.4. The van der Waals surface area contributed by atoms with Crippen molar-refractivity contribution in [3.63, 3.8) is 0 Å². The number of anilines is 2. The van der Waals surface area contributed by atoms with Gasteiger partial charge in [-0.1, -0.05) is 12.1 Å². The van der Waals surface area contributed by atoms with Crippen LogP contribution in [0.5, 0.6) is 0 Å². The van der Waals surface area contributed by atoms with E-state index >= 15 is 4.39 Å². The third-order valence-electron chi connectivity index (χ3n) is 6.12. The number of nitrogens with two attached hydrogens (primary N) is 1. The van der Waals surface area contributed by atoms with Crippen molar-refractivity contribution in [2.24, 2.45) is 7.05 Å². The molecule has 0 radical (unpaired) electrons. The van der Waals surface area contributed by atoms with Crippen LogP contribution < -0.4 is 10.6 Å². The van der Waals surface area contributed by atoms with Crippen molar-refractivity contribution >= 4 is 28.6 Å². The summed E-state index contributed by atoms with van der Waals surface area (Å²) in [5.74, 6) is 0.00143. The maximum atomic E-state index is 15.3. The molecular weight excluding hydrogens is 426 g/mol. The summed E-state index contributed by atoms with van der Waals surface area (Å²) in [6.07, 6.45) is 1.77. The molecule has 1 aliphatic rings. The molecule has 4 aromatic rings. The lowest BCUT2D eigenvalue weighted by atomic mass is 10.0. The smallest absolute Gasteiger partial charge is 0.324 e. The Balaban J connectivity index is 1.51. The molecule has 1 aliphatic heterocycles. The summed E-state index contributed by atoms with van der Waals surface area (Å²) in [5, 5.41) is 0.586. The van der Waals surface area contributed by atoms with E-state index in [1.165, 1.54) is 23.1 Å². The Morgan fingerprint density at radius 1 is 1.03 bits per heavy atom. The molecule has 9 heteroatoms. The van der Waals surface area contributed by atoms with E-state index < -0.39 is 5.82 Å². The van der Waals surface area contributed by atoms with E-state index in [-0.39, 0.29) is 23.7 Å². The minimum absolute atomic E-state index is 0.255. The van der Waals surface area contributed by atoms with Gasteiger partial charge in [-0.05, 0) is 42.8 Å². The number of nitrogen functional groups attached to an aromatic ring is 1. The Labute approximate surface area is 189 Å². The van der Waals surface area contributed by atoms with Crippen LogP contribution in [0.25, 0.3) is 22.2 Å². The third kappa shape index (κ3) is 3.36. The molecule has 0 saturated carbocycles. The zero-order chi connectivity index (χ0) is 23.4. The Hall–Kier alpha value is -4.01. The lowest BCUT2D eigenvalue weighted by Gasteiger charge is -2.17. The zero-order valence-corrected chi connectivity index (χ0v) is 18.4. The normalized spacial score (nSPS) is 16.3. The van der Waals surface area contributed by atoms with Gasteiger partial charge in [-0.15, -0.1) is 0 Å². The number of hydrogen-bond donors (Lipinski definition) is 1. The summed E-state index contributed by atoms with van der Waals surface area (Å²) in [6.45, 7) is 2.08. The molecule has 3 heterocycles. The van der Waals surface area contributed by atoms with Crippen LogP contribution in [-0.2, 0) is 7.05 Å². The minimum Gasteiger partial charge on any atom is -0.383 e. The second-order valence-corrected chi connectivity index (χ2v) is 8.24. The standard InChI is InChI=1S/C24H22F2N6O/c1-13-28-22(27)21-18(11-30(2)23(21)29-13)17-9-8-16(10-19(17)26)32-12-20(31(3)24(32)33)14-4-6-15(25)7-5-14/h4-11,20H,12H2,1-3H3,(H2,27,28,29). The molecule has 0 spiro atoms. The van der Waals surface area contributed by atoms with Crippen LogP contribution in [0.4, 0.5) is 25.1 Å². The molecule has 2 aromatic heterocycles. The maximum absolute atomic E-state index is 15.3. The summed E-state index contributed by atoms with van der Waals surface area (Å²) in [5.41, 5.74) is 8.94. The van der Waals surface area contributed by atoms with Crippen molar-refractivity contribution in [3.05, 3.63) is 71.7 Å². The molecule has 1 unspecified atom stereocenters. The number of rotatable bonds is 3. The predicted octanol–water partition coefficient (Wildman–Crippen LogP) is 4.42. The first-order valence-corrected chi connectivity index (χ1v) is 10.4. The number of aryl methyl sites for hydroxylation is 2. The van der Waals surface area contributed by atoms with E-state index in [9.17, 15) is 9.18 Å². The number of urea groups is 1. The van der Waals surface area contributed by atoms with Crippen LogP contribution in [0.15, 0.2) is 48.7 Å². The molecule has 5 rings (SSSR count). The number of aromatic nitrogens is 3. The zero-order valence-electron chi connectivity index (χ0n) is 18.4. The highest BCUT2D eigenvalue weighted by atomic mass is 19.1. The topological polar surface area (TPSA) is 80.3 Å². The molecule has 1 fully saturated rings. The lowest BCUT2D eigenvalue weighted by Crippen LogP contribution is -2.29. The van der Waals surface area contributed by atoms with Gasteiger partial charge in [0.2, 0.25) is 0 Å². The largest absolute Gasteiger partial charge is 0.383 e. The molecule has 1 atom stereocenters. The van der Waals surface area contributed by atoms with Crippen LogP contribution in [0, 0.1) is 18.6 Å². The van der Waals surface area contributed by atoms with E-state index in [4.69, 9.17) is 5.73 Å². The molecule has 0 bridgehead atoms. The van der Waals surface area contributed by atoms with Crippen LogP contribution >= 0.6 is 0 Å². The van der Waals surface area contributed by atoms with E-state index in [2.05, 4.69) is 9.97 Å². The fourth-order valence-corrected chi connectivity index (χ4v) is 4.43. The van der Waals surface area contributed by atoms with Crippen molar-refractivity contribution in [2.45, 2.75) is 13.0 Å². The summed E-state index contributed by atoms with van der Waals surface area (Å²) >= 11 is 0. The van der Waals surface area contributed by atoms with Crippen LogP contribution in [0.2, 0.25) is 0 Å². The highest BCUT2D eigenvalue weighted by Gasteiger charge is 2.36. The monoisotopic (exact) mass is 448 g/mol. The minimum atomic E-state index is -0.485. The molecule has 33 heavy (non-hydrogen) atoms. The number of likely N-dealkylation sites (N-methyl/N-ethyl adjacent to an activating group) is 1. The van der Waals surface area contributed by atoms with Crippen LogP contribution in [0.1, 0.15) is 17.4 Å². The maximum Gasteiger partial charge on any atom is 0.324 e. The first-order valence-electron chi connectivity index (χ1n) is 10.4. The average molecular weight is 448 g/mol. The lowest BCUT2D eigenvalue weighted by molar-refractivity contribution is 0.219. The van der Waals surface area contributed by atoms with Gasteiger partial charge in [0.25, 0.3) is 0 Å². The molecule has 7 nitrogen and oxygen atoms in total. The van der Waals surface area contributed by atoms with Gasteiger partial charge in [0.1, 0.15) is 28.9 Å². The Morgan fingerprint density at radius 2 is 1.76 bits per heavy atom. The molecule has 1 saturated heterocycles. The molecule has 2 aromatic carbocycles. The molecule has 2 N–H and O–H groups in total. The van der Waals surface area contributed by atoms with Gasteiger partial charge in [0, 0.05) is 37.1 Å². The fourth-order valence-electron chi connectivity index (χ4n) is 4.43. The van der Waals surface area contributed by atoms with E-state index in [1.807, 2.05) is 7.05 Å².